The maximum absolute atomic E-state index is 11.0. The molecule has 60 valence electrons. The van der Waals surface area contributed by atoms with Crippen LogP contribution in [-0.4, -0.2) is 13.1 Å². The zero-order chi connectivity index (χ0) is 8.27. The highest BCUT2D eigenvalue weighted by Crippen LogP contribution is 2.18. The van der Waals surface area contributed by atoms with E-state index in [4.69, 9.17) is 0 Å². The third-order valence-electron chi connectivity index (χ3n) is 1.29. The number of ether oxygens (including phenoxy) is 1. The van der Waals surface area contributed by atoms with Crippen LogP contribution in [-0.2, 0) is 10.1 Å². The summed E-state index contributed by atoms with van der Waals surface area (Å²) >= 11 is 4.79. The van der Waals surface area contributed by atoms with Crippen molar-refractivity contribution in [1.29, 1.82) is 0 Å². The Bertz CT molecular complexity index is 257. The second kappa shape index (κ2) is 3.88. The van der Waals surface area contributed by atoms with Gasteiger partial charge in [-0.1, -0.05) is 15.9 Å². The standard InChI is InChI=1S/C7H7BrO2S/c1-10-7(9)6-4-11-3-5(6)2-8/h3-4H,2H2,1H3. The molecule has 0 saturated heterocycles. The van der Waals surface area contributed by atoms with E-state index < -0.39 is 0 Å². The number of carbonyl (C=O) groups is 1. The summed E-state index contributed by atoms with van der Waals surface area (Å²) in [6.45, 7) is 0. The monoisotopic (exact) mass is 234 g/mol. The number of esters is 1. The van der Waals surface area contributed by atoms with Crippen molar-refractivity contribution in [2.75, 3.05) is 7.11 Å². The number of hydrogen-bond acceptors (Lipinski definition) is 3. The van der Waals surface area contributed by atoms with Crippen LogP contribution in [0.25, 0.3) is 0 Å². The van der Waals surface area contributed by atoms with Gasteiger partial charge >= 0.3 is 5.97 Å². The molecule has 0 saturated carbocycles. The van der Waals surface area contributed by atoms with Crippen LogP contribution in [0.5, 0.6) is 0 Å². The SMILES string of the molecule is COC(=O)c1cscc1CBr. The van der Waals surface area contributed by atoms with Crippen LogP contribution in [0.2, 0.25) is 0 Å². The molecule has 0 aliphatic rings. The Morgan fingerprint density at radius 2 is 2.45 bits per heavy atom. The van der Waals surface area contributed by atoms with Gasteiger partial charge < -0.3 is 4.74 Å². The Morgan fingerprint density at radius 3 is 3.00 bits per heavy atom. The zero-order valence-corrected chi connectivity index (χ0v) is 8.37. The molecule has 11 heavy (non-hydrogen) atoms. The van der Waals surface area contributed by atoms with Crippen LogP contribution < -0.4 is 0 Å². The van der Waals surface area contributed by atoms with E-state index in [1.807, 2.05) is 5.38 Å². The predicted octanol–water partition coefficient (Wildman–Crippen LogP) is 2.43. The molecule has 0 aromatic carbocycles. The van der Waals surface area contributed by atoms with Crippen molar-refractivity contribution >= 4 is 33.2 Å². The minimum atomic E-state index is -0.263. The van der Waals surface area contributed by atoms with Crippen molar-refractivity contribution in [2.24, 2.45) is 0 Å². The number of alkyl halides is 1. The summed E-state index contributed by atoms with van der Waals surface area (Å²) in [4.78, 5) is 11.0. The molecule has 1 rings (SSSR count). The molecule has 0 N–H and O–H groups in total. The van der Waals surface area contributed by atoms with Crippen molar-refractivity contribution in [3.8, 4) is 0 Å². The van der Waals surface area contributed by atoms with Crippen LogP contribution >= 0.6 is 27.3 Å². The quantitative estimate of drug-likeness (QED) is 0.581. The average Bonchev–Trinajstić information content (AvgIpc) is 2.50. The van der Waals surface area contributed by atoms with Crippen molar-refractivity contribution in [1.82, 2.24) is 0 Å². The van der Waals surface area contributed by atoms with Crippen molar-refractivity contribution in [3.05, 3.63) is 21.9 Å². The van der Waals surface area contributed by atoms with Crippen LogP contribution in [0.4, 0.5) is 0 Å². The molecule has 0 spiro atoms. The number of thiophene rings is 1. The lowest BCUT2D eigenvalue weighted by atomic mass is 10.2. The summed E-state index contributed by atoms with van der Waals surface area (Å²) in [5, 5.41) is 4.42. The topological polar surface area (TPSA) is 26.3 Å². The van der Waals surface area contributed by atoms with Crippen LogP contribution in [0.15, 0.2) is 10.8 Å². The van der Waals surface area contributed by atoms with Gasteiger partial charge in [0.05, 0.1) is 12.7 Å². The molecule has 0 atom stereocenters. The van der Waals surface area contributed by atoms with Gasteiger partial charge in [-0.05, 0) is 10.9 Å². The highest BCUT2D eigenvalue weighted by Gasteiger charge is 2.10. The van der Waals surface area contributed by atoms with E-state index in [9.17, 15) is 4.79 Å². The molecule has 0 aliphatic heterocycles. The smallest absolute Gasteiger partial charge is 0.339 e. The van der Waals surface area contributed by atoms with Crippen LogP contribution in [0.3, 0.4) is 0 Å². The fraction of sp³-hybridized carbons (Fsp3) is 0.286. The van der Waals surface area contributed by atoms with Gasteiger partial charge in [0, 0.05) is 10.7 Å². The molecule has 0 fully saturated rings. The number of halogens is 1. The van der Waals surface area contributed by atoms with Gasteiger partial charge in [0.2, 0.25) is 0 Å². The Morgan fingerprint density at radius 1 is 1.73 bits per heavy atom. The van der Waals surface area contributed by atoms with E-state index in [2.05, 4.69) is 20.7 Å². The van der Waals surface area contributed by atoms with Gasteiger partial charge in [0.1, 0.15) is 0 Å². The third-order valence-corrected chi connectivity index (χ3v) is 2.69. The van der Waals surface area contributed by atoms with E-state index in [0.29, 0.717) is 10.9 Å². The summed E-state index contributed by atoms with van der Waals surface area (Å²) in [6.07, 6.45) is 0. The minimum absolute atomic E-state index is 0.263. The molecule has 1 aromatic rings. The summed E-state index contributed by atoms with van der Waals surface area (Å²) in [5.74, 6) is -0.263. The molecular weight excluding hydrogens is 228 g/mol. The number of hydrogen-bond donors (Lipinski definition) is 0. The highest BCUT2D eigenvalue weighted by molar-refractivity contribution is 9.08. The van der Waals surface area contributed by atoms with Crippen molar-refractivity contribution < 1.29 is 9.53 Å². The van der Waals surface area contributed by atoms with Gasteiger partial charge in [-0.2, -0.15) is 11.3 Å². The Kier molecular flexibility index (Phi) is 3.08. The number of carbonyl (C=O) groups excluding carboxylic acids is 1. The van der Waals surface area contributed by atoms with E-state index in [1.165, 1.54) is 18.4 Å². The molecule has 1 heterocycles. The lowest BCUT2D eigenvalue weighted by Gasteiger charge is -1.96. The van der Waals surface area contributed by atoms with Gasteiger partial charge in [-0.25, -0.2) is 4.79 Å². The molecule has 4 heteroatoms. The fourth-order valence-corrected chi connectivity index (χ4v) is 2.22. The first kappa shape index (κ1) is 8.74. The average molecular weight is 235 g/mol. The summed E-state index contributed by atoms with van der Waals surface area (Å²) in [5.41, 5.74) is 1.65. The van der Waals surface area contributed by atoms with Crippen LogP contribution in [0, 0.1) is 0 Å². The first-order chi connectivity index (χ1) is 5.29. The first-order valence-corrected chi connectivity index (χ1v) is 5.05. The molecule has 0 bridgehead atoms. The predicted molar refractivity (Wildman–Crippen MR) is 48.3 cm³/mol. The summed E-state index contributed by atoms with van der Waals surface area (Å²) < 4.78 is 4.58. The van der Waals surface area contributed by atoms with E-state index in [0.717, 1.165) is 5.56 Å². The Balaban J connectivity index is 2.92. The largest absolute Gasteiger partial charge is 0.465 e. The van der Waals surface area contributed by atoms with Crippen molar-refractivity contribution in [3.63, 3.8) is 0 Å². The van der Waals surface area contributed by atoms with E-state index >= 15 is 0 Å². The molecule has 0 unspecified atom stereocenters. The maximum atomic E-state index is 11.0. The molecular formula is C7H7BrO2S. The molecule has 1 aromatic heterocycles. The third kappa shape index (κ3) is 1.81. The minimum Gasteiger partial charge on any atom is -0.465 e. The second-order valence-electron chi connectivity index (χ2n) is 1.94. The summed E-state index contributed by atoms with van der Waals surface area (Å²) in [7, 11) is 1.39. The first-order valence-electron chi connectivity index (χ1n) is 2.99. The Labute approximate surface area is 77.3 Å². The maximum Gasteiger partial charge on any atom is 0.339 e. The zero-order valence-electron chi connectivity index (χ0n) is 5.96. The van der Waals surface area contributed by atoms with Gasteiger partial charge in [0.25, 0.3) is 0 Å². The molecule has 2 nitrogen and oxygen atoms in total. The number of rotatable bonds is 2. The van der Waals surface area contributed by atoms with Gasteiger partial charge in [-0.3, -0.25) is 0 Å². The summed E-state index contributed by atoms with van der Waals surface area (Å²) in [6, 6.07) is 0. The second-order valence-corrected chi connectivity index (χ2v) is 3.24. The normalized spacial score (nSPS) is 9.64. The van der Waals surface area contributed by atoms with Crippen molar-refractivity contribution in [2.45, 2.75) is 5.33 Å². The molecule has 0 radical (unpaired) electrons. The Hall–Kier alpha value is -0.350. The van der Waals surface area contributed by atoms with E-state index in [1.54, 1.807) is 5.38 Å². The van der Waals surface area contributed by atoms with Gasteiger partial charge in [0.15, 0.2) is 0 Å². The molecule has 0 aliphatic carbocycles. The van der Waals surface area contributed by atoms with E-state index in [-0.39, 0.29) is 5.97 Å². The number of methoxy groups -OCH3 is 1. The lowest BCUT2D eigenvalue weighted by Crippen LogP contribution is -2.01. The van der Waals surface area contributed by atoms with Crippen LogP contribution in [0.1, 0.15) is 15.9 Å². The fourth-order valence-electron chi connectivity index (χ4n) is 0.716. The van der Waals surface area contributed by atoms with Gasteiger partial charge in [-0.15, -0.1) is 0 Å². The molecule has 0 amide bonds. The highest BCUT2D eigenvalue weighted by atomic mass is 79.9. The lowest BCUT2D eigenvalue weighted by molar-refractivity contribution is 0.0600.